The summed E-state index contributed by atoms with van der Waals surface area (Å²) in [6.07, 6.45) is 0.290. The minimum Gasteiger partial charge on any atom is -0.399 e. The summed E-state index contributed by atoms with van der Waals surface area (Å²) in [6, 6.07) is 13.0. The monoisotopic (exact) mass is 382 g/mol. The van der Waals surface area contributed by atoms with E-state index >= 15 is 0 Å². The van der Waals surface area contributed by atoms with E-state index in [1.54, 1.807) is 12.1 Å². The number of rotatable bonds is 3. The minimum atomic E-state index is -0.0850. The van der Waals surface area contributed by atoms with Gasteiger partial charge in [0.15, 0.2) is 0 Å². The Morgan fingerprint density at radius 1 is 1.11 bits per heavy atom. The molecule has 3 nitrogen and oxygen atoms in total. The van der Waals surface area contributed by atoms with Crippen molar-refractivity contribution in [2.24, 2.45) is 0 Å². The molecule has 0 saturated carbocycles. The summed E-state index contributed by atoms with van der Waals surface area (Å²) in [5.74, 6) is -0.0850. The van der Waals surface area contributed by atoms with E-state index in [2.05, 4.69) is 37.2 Å². The molecule has 5 heteroatoms. The molecule has 0 unspecified atom stereocenters. The summed E-state index contributed by atoms with van der Waals surface area (Å²) in [6.45, 7) is 0. The third-order valence-electron chi connectivity index (χ3n) is 2.54. The molecule has 0 aliphatic carbocycles. The molecule has 0 heterocycles. The summed E-state index contributed by atoms with van der Waals surface area (Å²) in [5.41, 5.74) is 7.97. The van der Waals surface area contributed by atoms with Crippen molar-refractivity contribution in [1.82, 2.24) is 0 Å². The average molecular weight is 384 g/mol. The number of para-hydroxylation sites is 1. The van der Waals surface area contributed by atoms with E-state index in [9.17, 15) is 4.79 Å². The lowest BCUT2D eigenvalue weighted by Gasteiger charge is -2.09. The lowest BCUT2D eigenvalue weighted by Crippen LogP contribution is -2.15. The molecule has 0 atom stereocenters. The fourth-order valence-corrected chi connectivity index (χ4v) is 2.89. The van der Waals surface area contributed by atoms with Crippen LogP contribution < -0.4 is 11.1 Å². The van der Waals surface area contributed by atoms with Gasteiger partial charge in [0.25, 0.3) is 0 Å². The maximum Gasteiger partial charge on any atom is 0.228 e. The molecule has 2 aromatic carbocycles. The Kier molecular flexibility index (Phi) is 4.61. The van der Waals surface area contributed by atoms with Crippen molar-refractivity contribution >= 4 is 49.1 Å². The van der Waals surface area contributed by atoms with Gasteiger partial charge < -0.3 is 11.1 Å². The van der Waals surface area contributed by atoms with Gasteiger partial charge in [0.2, 0.25) is 5.91 Å². The molecule has 3 N–H and O–H groups in total. The molecule has 2 rings (SSSR count). The highest BCUT2D eigenvalue weighted by molar-refractivity contribution is 9.11. The van der Waals surface area contributed by atoms with Gasteiger partial charge in [-0.05, 0) is 61.7 Å². The number of carbonyl (C=O) groups excluding carboxylic acids is 1. The summed E-state index contributed by atoms with van der Waals surface area (Å²) in [5, 5.41) is 2.87. The summed E-state index contributed by atoms with van der Waals surface area (Å²) in [7, 11) is 0. The van der Waals surface area contributed by atoms with E-state index in [1.807, 2.05) is 30.3 Å². The molecule has 0 fully saturated rings. The zero-order valence-electron chi connectivity index (χ0n) is 9.99. The smallest absolute Gasteiger partial charge is 0.228 e. The first-order valence-electron chi connectivity index (χ1n) is 5.64. The van der Waals surface area contributed by atoms with Gasteiger partial charge in [-0.25, -0.2) is 0 Å². The molecule has 0 aliphatic rings. The molecular formula is C14H12Br2N2O. The van der Waals surface area contributed by atoms with Gasteiger partial charge >= 0.3 is 0 Å². The number of nitrogen functional groups attached to an aromatic ring is 1. The highest BCUT2D eigenvalue weighted by Gasteiger charge is 2.09. The zero-order valence-corrected chi connectivity index (χ0v) is 13.2. The van der Waals surface area contributed by atoms with Crippen LogP contribution in [0.4, 0.5) is 11.4 Å². The highest BCUT2D eigenvalue weighted by Crippen LogP contribution is 2.30. The Bertz CT molecular complexity index is 594. The lowest BCUT2D eigenvalue weighted by molar-refractivity contribution is -0.115. The third kappa shape index (κ3) is 3.81. The van der Waals surface area contributed by atoms with Crippen LogP contribution in [0.3, 0.4) is 0 Å². The normalized spacial score (nSPS) is 10.2. The topological polar surface area (TPSA) is 55.1 Å². The number of halogens is 2. The van der Waals surface area contributed by atoms with Gasteiger partial charge in [-0.1, -0.05) is 18.2 Å². The number of nitrogens with two attached hydrogens (primary N) is 1. The van der Waals surface area contributed by atoms with E-state index in [0.29, 0.717) is 12.1 Å². The number of nitrogens with one attached hydrogen (secondary N) is 1. The Labute approximate surface area is 128 Å². The SMILES string of the molecule is Nc1cccc(CC(=O)Nc2c(Br)cccc2Br)c1. The molecule has 0 spiro atoms. The standard InChI is InChI=1S/C14H12Br2N2O/c15-11-5-2-6-12(16)14(11)18-13(19)8-9-3-1-4-10(17)7-9/h1-7H,8,17H2,(H,18,19). The fraction of sp³-hybridized carbons (Fsp3) is 0.0714. The van der Waals surface area contributed by atoms with Crippen molar-refractivity contribution in [2.75, 3.05) is 11.1 Å². The predicted molar refractivity (Wildman–Crippen MR) is 85.0 cm³/mol. The average Bonchev–Trinajstić information content (AvgIpc) is 2.34. The van der Waals surface area contributed by atoms with Crippen LogP contribution in [0, 0.1) is 0 Å². The molecule has 98 valence electrons. The lowest BCUT2D eigenvalue weighted by atomic mass is 10.1. The molecule has 0 aromatic heterocycles. The maximum absolute atomic E-state index is 12.0. The van der Waals surface area contributed by atoms with Crippen LogP contribution in [0.5, 0.6) is 0 Å². The van der Waals surface area contributed by atoms with Crippen molar-refractivity contribution in [1.29, 1.82) is 0 Å². The summed E-state index contributed by atoms with van der Waals surface area (Å²) < 4.78 is 1.67. The zero-order chi connectivity index (χ0) is 13.8. The number of benzene rings is 2. The molecule has 0 aliphatic heterocycles. The molecule has 0 radical (unpaired) electrons. The number of hydrogen-bond acceptors (Lipinski definition) is 2. The van der Waals surface area contributed by atoms with Crippen LogP contribution in [0.25, 0.3) is 0 Å². The number of hydrogen-bond donors (Lipinski definition) is 2. The van der Waals surface area contributed by atoms with E-state index in [4.69, 9.17) is 5.73 Å². The quantitative estimate of drug-likeness (QED) is 0.787. The second kappa shape index (κ2) is 6.21. The third-order valence-corrected chi connectivity index (χ3v) is 3.86. The van der Waals surface area contributed by atoms with Crippen LogP contribution >= 0.6 is 31.9 Å². The van der Waals surface area contributed by atoms with Gasteiger partial charge in [-0.3, -0.25) is 4.79 Å². The molecule has 19 heavy (non-hydrogen) atoms. The Morgan fingerprint density at radius 2 is 1.74 bits per heavy atom. The molecular weight excluding hydrogens is 372 g/mol. The largest absolute Gasteiger partial charge is 0.399 e. The fourth-order valence-electron chi connectivity index (χ4n) is 1.69. The second-order valence-corrected chi connectivity index (χ2v) is 5.78. The van der Waals surface area contributed by atoms with Crippen LogP contribution in [0.1, 0.15) is 5.56 Å². The van der Waals surface area contributed by atoms with Crippen molar-refractivity contribution in [3.05, 3.63) is 57.0 Å². The molecule has 0 bridgehead atoms. The number of amides is 1. The molecule has 1 amide bonds. The van der Waals surface area contributed by atoms with Gasteiger partial charge in [-0.15, -0.1) is 0 Å². The Morgan fingerprint density at radius 3 is 2.37 bits per heavy atom. The van der Waals surface area contributed by atoms with Crippen molar-refractivity contribution < 1.29 is 4.79 Å². The van der Waals surface area contributed by atoms with E-state index < -0.39 is 0 Å². The summed E-state index contributed by atoms with van der Waals surface area (Å²) >= 11 is 6.82. The molecule has 2 aromatic rings. The van der Waals surface area contributed by atoms with E-state index in [1.165, 1.54) is 0 Å². The van der Waals surface area contributed by atoms with E-state index in [-0.39, 0.29) is 5.91 Å². The second-order valence-electron chi connectivity index (χ2n) is 4.07. The summed E-state index contributed by atoms with van der Waals surface area (Å²) in [4.78, 5) is 12.0. The molecule has 0 saturated heterocycles. The first-order chi connectivity index (χ1) is 9.06. The van der Waals surface area contributed by atoms with Crippen LogP contribution in [0.2, 0.25) is 0 Å². The van der Waals surface area contributed by atoms with E-state index in [0.717, 1.165) is 20.2 Å². The first kappa shape index (κ1) is 14.1. The van der Waals surface area contributed by atoms with Crippen LogP contribution in [0.15, 0.2) is 51.4 Å². The Hall–Kier alpha value is -1.33. The van der Waals surface area contributed by atoms with Crippen LogP contribution in [-0.2, 0) is 11.2 Å². The van der Waals surface area contributed by atoms with Crippen molar-refractivity contribution in [3.63, 3.8) is 0 Å². The number of carbonyl (C=O) groups is 1. The van der Waals surface area contributed by atoms with Gasteiger partial charge in [-0.2, -0.15) is 0 Å². The predicted octanol–water partition coefficient (Wildman–Crippen LogP) is 3.98. The number of anilines is 2. The van der Waals surface area contributed by atoms with Gasteiger partial charge in [0.1, 0.15) is 0 Å². The van der Waals surface area contributed by atoms with Crippen LogP contribution in [-0.4, -0.2) is 5.91 Å². The van der Waals surface area contributed by atoms with Gasteiger partial charge in [0.05, 0.1) is 12.1 Å². The highest BCUT2D eigenvalue weighted by atomic mass is 79.9. The maximum atomic E-state index is 12.0. The van der Waals surface area contributed by atoms with Crippen molar-refractivity contribution in [3.8, 4) is 0 Å². The van der Waals surface area contributed by atoms with Crippen molar-refractivity contribution in [2.45, 2.75) is 6.42 Å². The first-order valence-corrected chi connectivity index (χ1v) is 7.23. The Balaban J connectivity index is 2.10. The minimum absolute atomic E-state index is 0.0850. The van der Waals surface area contributed by atoms with Gasteiger partial charge in [0, 0.05) is 14.6 Å².